The smallest absolute Gasteiger partial charge is 0.117 e. The van der Waals surface area contributed by atoms with E-state index in [0.717, 1.165) is 53.5 Å². The molecule has 1 saturated heterocycles. The van der Waals surface area contributed by atoms with Gasteiger partial charge in [-0.3, -0.25) is 0 Å². The highest BCUT2D eigenvalue weighted by atomic mass is 35.5. The number of nitrogens with one attached hydrogen (secondary N) is 1. The molecule has 1 atom stereocenters. The Balaban J connectivity index is 1.51. The van der Waals surface area contributed by atoms with Crippen LogP contribution < -0.4 is 5.32 Å². The lowest BCUT2D eigenvalue weighted by molar-refractivity contribution is 0.110. The molecule has 1 fully saturated rings. The van der Waals surface area contributed by atoms with Gasteiger partial charge >= 0.3 is 0 Å². The Bertz CT molecular complexity index is 858. The van der Waals surface area contributed by atoms with Gasteiger partial charge in [0.05, 0.1) is 12.6 Å². The largest absolute Gasteiger partial charge is 0.377 e. The molecular formula is C21H23ClN4O. The van der Waals surface area contributed by atoms with Crippen LogP contribution in [0.4, 0.5) is 0 Å². The van der Waals surface area contributed by atoms with Crippen molar-refractivity contribution in [2.75, 3.05) is 13.2 Å². The van der Waals surface area contributed by atoms with Gasteiger partial charge in [0.25, 0.3) is 0 Å². The lowest BCUT2D eigenvalue weighted by Gasteiger charge is -2.10. The molecule has 0 radical (unpaired) electrons. The maximum atomic E-state index is 5.98. The van der Waals surface area contributed by atoms with Gasteiger partial charge in [-0.15, -0.1) is 0 Å². The summed E-state index contributed by atoms with van der Waals surface area (Å²) in [6.45, 7) is 3.00. The first kappa shape index (κ1) is 18.2. The molecule has 1 N–H and O–H groups in total. The third-order valence-electron chi connectivity index (χ3n) is 4.70. The van der Waals surface area contributed by atoms with Gasteiger partial charge in [0.15, 0.2) is 0 Å². The summed E-state index contributed by atoms with van der Waals surface area (Å²) in [5.41, 5.74) is 4.07. The quantitative estimate of drug-likeness (QED) is 0.673. The molecule has 0 saturated carbocycles. The third kappa shape index (κ3) is 4.75. The first-order valence-electron chi connectivity index (χ1n) is 9.34. The number of hydrogen-bond acceptors (Lipinski definition) is 4. The van der Waals surface area contributed by atoms with Crippen molar-refractivity contribution in [1.29, 1.82) is 0 Å². The Morgan fingerprint density at radius 2 is 1.89 bits per heavy atom. The van der Waals surface area contributed by atoms with Crippen LogP contribution in [0.3, 0.4) is 0 Å². The highest BCUT2D eigenvalue weighted by molar-refractivity contribution is 6.30. The summed E-state index contributed by atoms with van der Waals surface area (Å²) in [4.78, 5) is 1.76. The van der Waals surface area contributed by atoms with Crippen LogP contribution in [0.5, 0.6) is 0 Å². The Kier molecular flexibility index (Phi) is 5.82. The number of rotatable bonds is 7. The molecule has 4 rings (SSSR count). The minimum absolute atomic E-state index is 0.314. The Morgan fingerprint density at radius 3 is 2.63 bits per heavy atom. The van der Waals surface area contributed by atoms with Crippen molar-refractivity contribution in [2.45, 2.75) is 32.0 Å². The summed E-state index contributed by atoms with van der Waals surface area (Å²) >= 11 is 5.98. The average molecular weight is 383 g/mol. The molecule has 140 valence electrons. The van der Waals surface area contributed by atoms with Crippen molar-refractivity contribution in [1.82, 2.24) is 20.3 Å². The van der Waals surface area contributed by atoms with Gasteiger partial charge in [-0.25, -0.2) is 0 Å². The number of hydrogen-bond donors (Lipinski definition) is 1. The summed E-state index contributed by atoms with van der Waals surface area (Å²) in [6.07, 6.45) is 2.59. The van der Waals surface area contributed by atoms with Crippen LogP contribution in [0, 0.1) is 0 Å². The van der Waals surface area contributed by atoms with E-state index in [1.807, 2.05) is 42.5 Å². The number of aromatic nitrogens is 3. The van der Waals surface area contributed by atoms with E-state index in [1.54, 1.807) is 4.80 Å². The summed E-state index contributed by atoms with van der Waals surface area (Å²) in [6, 6.07) is 18.0. The second kappa shape index (κ2) is 8.65. The second-order valence-electron chi connectivity index (χ2n) is 6.78. The van der Waals surface area contributed by atoms with Gasteiger partial charge in [0, 0.05) is 30.3 Å². The zero-order chi connectivity index (χ0) is 18.5. The molecule has 1 aliphatic heterocycles. The maximum Gasteiger partial charge on any atom is 0.117 e. The van der Waals surface area contributed by atoms with Crippen molar-refractivity contribution < 1.29 is 4.74 Å². The molecular weight excluding hydrogens is 360 g/mol. The summed E-state index contributed by atoms with van der Waals surface area (Å²) < 4.78 is 5.69. The van der Waals surface area contributed by atoms with Gasteiger partial charge in [0.2, 0.25) is 0 Å². The van der Waals surface area contributed by atoms with Crippen LogP contribution in [0.15, 0.2) is 54.6 Å². The van der Waals surface area contributed by atoms with Crippen molar-refractivity contribution in [3.63, 3.8) is 0 Å². The van der Waals surface area contributed by atoms with Crippen LogP contribution in [0.1, 0.15) is 24.1 Å². The topological polar surface area (TPSA) is 52.0 Å². The van der Waals surface area contributed by atoms with Gasteiger partial charge < -0.3 is 10.1 Å². The monoisotopic (exact) mass is 382 g/mol. The molecule has 1 aromatic heterocycles. The van der Waals surface area contributed by atoms with E-state index in [4.69, 9.17) is 26.5 Å². The Labute approximate surface area is 164 Å². The lowest BCUT2D eigenvalue weighted by Crippen LogP contribution is -2.26. The number of benzene rings is 2. The summed E-state index contributed by atoms with van der Waals surface area (Å²) in [5.74, 6) is 0. The van der Waals surface area contributed by atoms with E-state index in [9.17, 15) is 0 Å². The summed E-state index contributed by atoms with van der Waals surface area (Å²) in [5, 5.41) is 13.7. The fraction of sp³-hybridized carbons (Fsp3) is 0.333. The number of halogens is 1. The standard InChI is InChI=1S/C21H23ClN4O/c22-18-10-8-16(9-11-18)15-26-24-20(14-23-13-19-7-4-12-27-19)21(25-26)17-5-2-1-3-6-17/h1-3,5-6,8-11,19,23H,4,7,12-15H2/t19-/m1/s1. The molecule has 5 nitrogen and oxygen atoms in total. The lowest BCUT2D eigenvalue weighted by atomic mass is 10.1. The van der Waals surface area contributed by atoms with Crippen LogP contribution >= 0.6 is 11.6 Å². The maximum absolute atomic E-state index is 5.98. The van der Waals surface area contributed by atoms with Gasteiger partial charge in [-0.05, 0) is 30.5 Å². The number of nitrogens with zero attached hydrogens (tertiary/aromatic N) is 3. The minimum atomic E-state index is 0.314. The van der Waals surface area contributed by atoms with E-state index >= 15 is 0 Å². The van der Waals surface area contributed by atoms with Crippen LogP contribution in [-0.4, -0.2) is 34.2 Å². The molecule has 2 aromatic carbocycles. The zero-order valence-corrected chi connectivity index (χ0v) is 15.9. The molecule has 6 heteroatoms. The van der Waals surface area contributed by atoms with Crippen molar-refractivity contribution in [3.05, 3.63) is 70.9 Å². The van der Waals surface area contributed by atoms with E-state index in [2.05, 4.69) is 17.4 Å². The Morgan fingerprint density at radius 1 is 1.07 bits per heavy atom. The van der Waals surface area contributed by atoms with Crippen LogP contribution in [0.25, 0.3) is 11.3 Å². The Hall–Kier alpha value is -2.21. The van der Waals surface area contributed by atoms with Crippen LogP contribution in [0.2, 0.25) is 5.02 Å². The predicted octanol–water partition coefficient (Wildman–Crippen LogP) is 3.92. The molecule has 0 amide bonds. The van der Waals surface area contributed by atoms with E-state index in [-0.39, 0.29) is 0 Å². The zero-order valence-electron chi connectivity index (χ0n) is 15.1. The predicted molar refractivity (Wildman–Crippen MR) is 107 cm³/mol. The SMILES string of the molecule is Clc1ccc(Cn2nc(CNC[C@H]3CCCO3)c(-c3ccccc3)n2)cc1. The molecule has 1 aliphatic rings. The fourth-order valence-corrected chi connectivity index (χ4v) is 3.43. The van der Waals surface area contributed by atoms with E-state index < -0.39 is 0 Å². The first-order chi connectivity index (χ1) is 13.3. The third-order valence-corrected chi connectivity index (χ3v) is 4.95. The minimum Gasteiger partial charge on any atom is -0.377 e. The molecule has 3 aromatic rings. The van der Waals surface area contributed by atoms with E-state index in [0.29, 0.717) is 19.2 Å². The highest BCUT2D eigenvalue weighted by Crippen LogP contribution is 2.21. The molecule has 0 unspecified atom stereocenters. The summed E-state index contributed by atoms with van der Waals surface area (Å²) in [7, 11) is 0. The highest BCUT2D eigenvalue weighted by Gasteiger charge is 2.17. The first-order valence-corrected chi connectivity index (χ1v) is 9.72. The molecule has 27 heavy (non-hydrogen) atoms. The van der Waals surface area contributed by atoms with Gasteiger partial charge in [0.1, 0.15) is 11.4 Å². The second-order valence-corrected chi connectivity index (χ2v) is 7.22. The van der Waals surface area contributed by atoms with Crippen molar-refractivity contribution >= 4 is 11.6 Å². The molecule has 0 spiro atoms. The molecule has 0 aliphatic carbocycles. The normalized spacial score (nSPS) is 16.7. The van der Waals surface area contributed by atoms with Crippen molar-refractivity contribution in [2.24, 2.45) is 0 Å². The average Bonchev–Trinajstić information content (AvgIpc) is 3.35. The van der Waals surface area contributed by atoms with Crippen LogP contribution in [-0.2, 0) is 17.8 Å². The van der Waals surface area contributed by atoms with Gasteiger partial charge in [-0.1, -0.05) is 54.1 Å². The molecule has 2 heterocycles. The molecule has 0 bridgehead atoms. The van der Waals surface area contributed by atoms with E-state index in [1.165, 1.54) is 0 Å². The fourth-order valence-electron chi connectivity index (χ4n) is 3.30. The van der Waals surface area contributed by atoms with Crippen molar-refractivity contribution in [3.8, 4) is 11.3 Å². The number of ether oxygens (including phenoxy) is 1. The van der Waals surface area contributed by atoms with Gasteiger partial charge in [-0.2, -0.15) is 15.0 Å².